The highest BCUT2D eigenvalue weighted by atomic mass is 35.5. The molecular weight excluding hydrogens is 276 g/mol. The Kier molecular flexibility index (Phi) is 5.43. The zero-order valence-electron chi connectivity index (χ0n) is 12.0. The van der Waals surface area contributed by atoms with E-state index < -0.39 is 5.60 Å². The molecule has 0 amide bonds. The average molecular weight is 299 g/mol. The number of halogens is 1. The summed E-state index contributed by atoms with van der Waals surface area (Å²) < 4.78 is 0. The molecule has 1 aliphatic rings. The molecule has 1 aromatic rings. The number of hydrogen-bond donors (Lipinski definition) is 3. The molecule has 0 aromatic carbocycles. The van der Waals surface area contributed by atoms with Crippen molar-refractivity contribution >= 4 is 23.4 Å². The van der Waals surface area contributed by atoms with Crippen LogP contribution in [0, 0.1) is 0 Å². The van der Waals surface area contributed by atoms with Gasteiger partial charge in [0.1, 0.15) is 5.02 Å². The van der Waals surface area contributed by atoms with Crippen LogP contribution in [0.25, 0.3) is 0 Å². The number of rotatable bonds is 5. The van der Waals surface area contributed by atoms with Gasteiger partial charge in [0.2, 0.25) is 5.95 Å². The predicted octanol–water partition coefficient (Wildman–Crippen LogP) is 3.06. The second-order valence-corrected chi connectivity index (χ2v) is 5.82. The molecule has 2 rings (SSSR count). The van der Waals surface area contributed by atoms with Gasteiger partial charge in [0, 0.05) is 13.1 Å². The molecule has 6 heteroatoms. The van der Waals surface area contributed by atoms with Gasteiger partial charge in [0.15, 0.2) is 5.82 Å². The molecule has 1 saturated carbocycles. The van der Waals surface area contributed by atoms with Crippen LogP contribution in [0.5, 0.6) is 0 Å². The number of hydrogen-bond acceptors (Lipinski definition) is 5. The van der Waals surface area contributed by atoms with E-state index in [0.717, 1.165) is 32.2 Å². The van der Waals surface area contributed by atoms with Gasteiger partial charge in [-0.05, 0) is 19.8 Å². The van der Waals surface area contributed by atoms with Gasteiger partial charge in [-0.25, -0.2) is 4.98 Å². The predicted molar refractivity (Wildman–Crippen MR) is 82.3 cm³/mol. The number of nitrogens with one attached hydrogen (secondary N) is 2. The van der Waals surface area contributed by atoms with Crippen molar-refractivity contribution in [2.24, 2.45) is 0 Å². The lowest BCUT2D eigenvalue weighted by molar-refractivity contribution is 0.0380. The van der Waals surface area contributed by atoms with Crippen LogP contribution in [-0.4, -0.2) is 33.8 Å². The number of nitrogens with zero attached hydrogens (tertiary/aromatic N) is 2. The fourth-order valence-electron chi connectivity index (χ4n) is 2.55. The quantitative estimate of drug-likeness (QED) is 0.729. The van der Waals surface area contributed by atoms with E-state index in [1.54, 1.807) is 6.20 Å². The minimum atomic E-state index is -0.650. The summed E-state index contributed by atoms with van der Waals surface area (Å²) in [4.78, 5) is 8.42. The van der Waals surface area contributed by atoms with E-state index in [1.807, 2.05) is 6.92 Å². The third-order valence-electron chi connectivity index (χ3n) is 3.70. The van der Waals surface area contributed by atoms with E-state index in [9.17, 15) is 5.11 Å². The first-order valence-electron chi connectivity index (χ1n) is 7.36. The lowest BCUT2D eigenvalue weighted by atomic mass is 9.94. The molecular formula is C14H23ClN4O. The second kappa shape index (κ2) is 7.09. The summed E-state index contributed by atoms with van der Waals surface area (Å²) in [6, 6.07) is 0. The van der Waals surface area contributed by atoms with Crippen LogP contribution < -0.4 is 10.6 Å². The highest BCUT2D eigenvalue weighted by Crippen LogP contribution is 2.28. The zero-order chi connectivity index (χ0) is 14.4. The fourth-order valence-corrected chi connectivity index (χ4v) is 2.70. The minimum Gasteiger partial charge on any atom is -0.388 e. The Labute approximate surface area is 125 Å². The average Bonchev–Trinajstić information content (AvgIpc) is 2.65. The molecule has 3 N–H and O–H groups in total. The lowest BCUT2D eigenvalue weighted by Crippen LogP contribution is -2.36. The van der Waals surface area contributed by atoms with Crippen LogP contribution in [0.1, 0.15) is 45.4 Å². The van der Waals surface area contributed by atoms with Gasteiger partial charge in [-0.2, -0.15) is 4.98 Å². The molecule has 0 atom stereocenters. The largest absolute Gasteiger partial charge is 0.388 e. The van der Waals surface area contributed by atoms with Crippen LogP contribution in [0.2, 0.25) is 5.02 Å². The number of aromatic nitrogens is 2. The van der Waals surface area contributed by atoms with E-state index in [-0.39, 0.29) is 0 Å². The molecule has 1 aromatic heterocycles. The summed E-state index contributed by atoms with van der Waals surface area (Å²) in [5.41, 5.74) is -0.650. The van der Waals surface area contributed by atoms with Crippen molar-refractivity contribution in [1.82, 2.24) is 9.97 Å². The zero-order valence-corrected chi connectivity index (χ0v) is 12.7. The van der Waals surface area contributed by atoms with Crippen LogP contribution in [0.15, 0.2) is 6.20 Å². The third-order valence-corrected chi connectivity index (χ3v) is 3.97. The van der Waals surface area contributed by atoms with Gasteiger partial charge >= 0.3 is 0 Å². The monoisotopic (exact) mass is 298 g/mol. The maximum absolute atomic E-state index is 10.6. The van der Waals surface area contributed by atoms with Crippen molar-refractivity contribution < 1.29 is 5.11 Å². The summed E-state index contributed by atoms with van der Waals surface area (Å²) in [6.45, 7) is 3.22. The van der Waals surface area contributed by atoms with E-state index in [4.69, 9.17) is 11.6 Å². The minimum absolute atomic E-state index is 0.476. The molecule has 1 heterocycles. The summed E-state index contributed by atoms with van der Waals surface area (Å²) in [6.07, 6.45) is 7.83. The Morgan fingerprint density at radius 3 is 2.60 bits per heavy atom. The number of aliphatic hydroxyl groups is 1. The molecule has 0 spiro atoms. The standard InChI is InChI=1S/C14H23ClN4O/c1-2-16-13-17-9-11(15)12(19-13)18-10-14(20)7-5-3-4-6-8-14/h9,20H,2-8,10H2,1H3,(H2,16,17,18,19). The Morgan fingerprint density at radius 2 is 1.95 bits per heavy atom. The van der Waals surface area contributed by atoms with Crippen LogP contribution in [0.3, 0.4) is 0 Å². The lowest BCUT2D eigenvalue weighted by Gasteiger charge is -2.27. The van der Waals surface area contributed by atoms with Crippen molar-refractivity contribution in [3.63, 3.8) is 0 Å². The molecule has 1 fully saturated rings. The molecule has 5 nitrogen and oxygen atoms in total. The van der Waals surface area contributed by atoms with Crippen molar-refractivity contribution in [1.29, 1.82) is 0 Å². The SMILES string of the molecule is CCNc1ncc(Cl)c(NCC2(O)CCCCCC2)n1. The molecule has 0 bridgehead atoms. The molecule has 112 valence electrons. The maximum Gasteiger partial charge on any atom is 0.224 e. The summed E-state index contributed by atoms with van der Waals surface area (Å²) in [5.74, 6) is 1.13. The van der Waals surface area contributed by atoms with Crippen LogP contribution in [0.4, 0.5) is 11.8 Å². The first-order chi connectivity index (χ1) is 9.63. The third kappa shape index (κ3) is 4.21. The highest BCUT2D eigenvalue weighted by molar-refractivity contribution is 6.32. The highest BCUT2D eigenvalue weighted by Gasteiger charge is 2.28. The number of anilines is 2. The molecule has 0 saturated heterocycles. The van der Waals surface area contributed by atoms with E-state index in [1.165, 1.54) is 12.8 Å². The smallest absolute Gasteiger partial charge is 0.224 e. The van der Waals surface area contributed by atoms with Gasteiger partial charge < -0.3 is 15.7 Å². The topological polar surface area (TPSA) is 70.1 Å². The Morgan fingerprint density at radius 1 is 1.25 bits per heavy atom. The molecule has 0 unspecified atom stereocenters. The van der Waals surface area contributed by atoms with Crippen molar-refractivity contribution in [2.45, 2.75) is 51.0 Å². The van der Waals surface area contributed by atoms with Crippen molar-refractivity contribution in [3.05, 3.63) is 11.2 Å². The maximum atomic E-state index is 10.6. The first-order valence-corrected chi connectivity index (χ1v) is 7.73. The normalized spacial score (nSPS) is 18.4. The van der Waals surface area contributed by atoms with Gasteiger partial charge in [-0.1, -0.05) is 37.3 Å². The summed E-state index contributed by atoms with van der Waals surface area (Å²) in [5, 5.41) is 17.3. The first kappa shape index (κ1) is 15.3. The summed E-state index contributed by atoms with van der Waals surface area (Å²) >= 11 is 6.09. The Balaban J connectivity index is 2.00. The van der Waals surface area contributed by atoms with Gasteiger partial charge in [-0.3, -0.25) is 0 Å². The van der Waals surface area contributed by atoms with Crippen LogP contribution >= 0.6 is 11.6 Å². The van der Waals surface area contributed by atoms with Crippen molar-refractivity contribution in [3.8, 4) is 0 Å². The van der Waals surface area contributed by atoms with E-state index in [0.29, 0.717) is 23.3 Å². The summed E-state index contributed by atoms with van der Waals surface area (Å²) in [7, 11) is 0. The van der Waals surface area contributed by atoms with Gasteiger partial charge in [0.05, 0.1) is 11.8 Å². The molecule has 0 radical (unpaired) electrons. The molecule has 0 aliphatic heterocycles. The Hall–Kier alpha value is -1.07. The fraction of sp³-hybridized carbons (Fsp3) is 0.714. The van der Waals surface area contributed by atoms with E-state index >= 15 is 0 Å². The second-order valence-electron chi connectivity index (χ2n) is 5.41. The van der Waals surface area contributed by atoms with Gasteiger partial charge in [0.25, 0.3) is 0 Å². The van der Waals surface area contributed by atoms with Gasteiger partial charge in [-0.15, -0.1) is 0 Å². The van der Waals surface area contributed by atoms with Crippen LogP contribution in [-0.2, 0) is 0 Å². The molecule has 1 aliphatic carbocycles. The molecule has 20 heavy (non-hydrogen) atoms. The van der Waals surface area contributed by atoms with Crippen molar-refractivity contribution in [2.75, 3.05) is 23.7 Å². The Bertz CT molecular complexity index is 433. The van der Waals surface area contributed by atoms with E-state index in [2.05, 4.69) is 20.6 Å².